The molecule has 1 aliphatic rings. The van der Waals surface area contributed by atoms with E-state index in [0.717, 1.165) is 63.0 Å². The maximum Gasteiger partial charge on any atom is 0.191 e. The van der Waals surface area contributed by atoms with Crippen LogP contribution in [0.4, 0.5) is 0 Å². The standard InChI is InChI=1S/C17H28N8O.HI/c1-3-19-17(20-7-4-9-24-10-8-18-13-24)21-14-5-6-16-22-15(12-26-2)23-25(16)11-14;/h8,10,13-14H,3-7,9,11-12H2,1-2H3,(H2,19,20,21);1H. The zero-order valence-electron chi connectivity index (χ0n) is 16.0. The fourth-order valence-corrected chi connectivity index (χ4v) is 3.05. The molecule has 2 aromatic heterocycles. The fourth-order valence-electron chi connectivity index (χ4n) is 3.05. The molecule has 1 atom stereocenters. The van der Waals surface area contributed by atoms with Crippen molar-refractivity contribution in [3.63, 3.8) is 0 Å². The Morgan fingerprint density at radius 3 is 3.07 bits per heavy atom. The SMILES string of the molecule is CCNC(=NCCCn1ccnc1)NC1CCc2nc(COC)nn2C1.I. The molecule has 2 N–H and O–H groups in total. The summed E-state index contributed by atoms with van der Waals surface area (Å²) in [5, 5.41) is 11.4. The van der Waals surface area contributed by atoms with Crippen molar-refractivity contribution in [2.75, 3.05) is 20.2 Å². The first-order chi connectivity index (χ1) is 12.8. The van der Waals surface area contributed by atoms with Crippen molar-refractivity contribution in [2.45, 2.75) is 51.9 Å². The largest absolute Gasteiger partial charge is 0.377 e. The summed E-state index contributed by atoms with van der Waals surface area (Å²) in [5.74, 6) is 2.66. The third-order valence-corrected chi connectivity index (χ3v) is 4.26. The van der Waals surface area contributed by atoms with Crippen LogP contribution in [-0.2, 0) is 30.9 Å². The Morgan fingerprint density at radius 1 is 1.44 bits per heavy atom. The van der Waals surface area contributed by atoms with Crippen LogP contribution in [0.1, 0.15) is 31.4 Å². The number of methoxy groups -OCH3 is 1. The van der Waals surface area contributed by atoms with E-state index in [1.165, 1.54) is 0 Å². The molecule has 3 rings (SSSR count). The Morgan fingerprint density at radius 2 is 2.33 bits per heavy atom. The molecule has 0 aromatic carbocycles. The molecule has 0 fully saturated rings. The van der Waals surface area contributed by atoms with Crippen LogP contribution in [0, 0.1) is 0 Å². The zero-order valence-corrected chi connectivity index (χ0v) is 18.3. The minimum absolute atomic E-state index is 0. The summed E-state index contributed by atoms with van der Waals surface area (Å²) in [4.78, 5) is 13.3. The van der Waals surface area contributed by atoms with Gasteiger partial charge in [-0.1, -0.05) is 0 Å². The fraction of sp³-hybridized carbons (Fsp3) is 0.647. The van der Waals surface area contributed by atoms with Crippen molar-refractivity contribution in [3.8, 4) is 0 Å². The van der Waals surface area contributed by atoms with Gasteiger partial charge in [0.05, 0.1) is 12.9 Å². The molecule has 1 unspecified atom stereocenters. The molecule has 150 valence electrons. The number of ether oxygens (including phenoxy) is 1. The second kappa shape index (κ2) is 11.2. The Labute approximate surface area is 177 Å². The lowest BCUT2D eigenvalue weighted by molar-refractivity contribution is 0.177. The van der Waals surface area contributed by atoms with Gasteiger partial charge in [0.25, 0.3) is 0 Å². The van der Waals surface area contributed by atoms with Crippen molar-refractivity contribution in [3.05, 3.63) is 30.4 Å². The predicted molar refractivity (Wildman–Crippen MR) is 114 cm³/mol. The molecule has 2 aromatic rings. The average Bonchev–Trinajstić information content (AvgIpc) is 3.28. The van der Waals surface area contributed by atoms with Crippen LogP contribution in [0.25, 0.3) is 0 Å². The highest BCUT2D eigenvalue weighted by Gasteiger charge is 2.22. The number of fused-ring (bicyclic) bond motifs is 1. The van der Waals surface area contributed by atoms with Crippen molar-refractivity contribution < 1.29 is 4.74 Å². The molecule has 0 bridgehead atoms. The lowest BCUT2D eigenvalue weighted by Crippen LogP contribution is -2.47. The summed E-state index contributed by atoms with van der Waals surface area (Å²) in [6, 6.07) is 0.297. The molecule has 0 aliphatic carbocycles. The van der Waals surface area contributed by atoms with Crippen LogP contribution < -0.4 is 10.6 Å². The molecule has 0 saturated carbocycles. The van der Waals surface area contributed by atoms with Gasteiger partial charge < -0.3 is 19.9 Å². The van der Waals surface area contributed by atoms with Gasteiger partial charge >= 0.3 is 0 Å². The van der Waals surface area contributed by atoms with Crippen LogP contribution in [0.5, 0.6) is 0 Å². The summed E-state index contributed by atoms with van der Waals surface area (Å²) in [5.41, 5.74) is 0. The second-order valence-electron chi connectivity index (χ2n) is 6.35. The van der Waals surface area contributed by atoms with Gasteiger partial charge in [-0.05, 0) is 19.8 Å². The zero-order chi connectivity index (χ0) is 18.2. The number of hydrogen-bond acceptors (Lipinski definition) is 5. The second-order valence-corrected chi connectivity index (χ2v) is 6.35. The molecule has 9 nitrogen and oxygen atoms in total. The molecular weight excluding hydrogens is 459 g/mol. The molecular formula is C17H29IN8O. The summed E-state index contributed by atoms with van der Waals surface area (Å²) in [6.45, 7) is 5.87. The molecule has 3 heterocycles. The van der Waals surface area contributed by atoms with Crippen LogP contribution in [-0.4, -0.2) is 56.5 Å². The van der Waals surface area contributed by atoms with Gasteiger partial charge in [-0.3, -0.25) is 4.99 Å². The van der Waals surface area contributed by atoms with Gasteiger partial charge in [0.2, 0.25) is 0 Å². The summed E-state index contributed by atoms with van der Waals surface area (Å²) in [6.07, 6.45) is 8.52. The normalized spacial score (nSPS) is 16.5. The molecule has 1 aliphatic heterocycles. The minimum atomic E-state index is 0. The molecule has 10 heteroatoms. The Bertz CT molecular complexity index is 700. The number of guanidine groups is 1. The lowest BCUT2D eigenvalue weighted by atomic mass is 10.1. The van der Waals surface area contributed by atoms with Gasteiger partial charge in [0, 0.05) is 51.6 Å². The van der Waals surface area contributed by atoms with Crippen LogP contribution in [0.3, 0.4) is 0 Å². The van der Waals surface area contributed by atoms with Crippen LogP contribution in [0.2, 0.25) is 0 Å². The Hall–Kier alpha value is -1.69. The van der Waals surface area contributed by atoms with E-state index in [0.29, 0.717) is 12.6 Å². The van der Waals surface area contributed by atoms with Gasteiger partial charge in [-0.15, -0.1) is 24.0 Å². The number of hydrogen-bond donors (Lipinski definition) is 2. The number of aryl methyl sites for hydroxylation is 2. The third-order valence-electron chi connectivity index (χ3n) is 4.26. The molecule has 0 saturated heterocycles. The molecule has 27 heavy (non-hydrogen) atoms. The molecule has 0 spiro atoms. The third kappa shape index (κ3) is 6.45. The van der Waals surface area contributed by atoms with Crippen LogP contribution in [0.15, 0.2) is 23.7 Å². The van der Waals surface area contributed by atoms with Crippen molar-refractivity contribution in [1.82, 2.24) is 34.9 Å². The highest BCUT2D eigenvalue weighted by molar-refractivity contribution is 14.0. The molecule has 0 radical (unpaired) electrons. The summed E-state index contributed by atoms with van der Waals surface area (Å²) >= 11 is 0. The first-order valence-electron chi connectivity index (χ1n) is 9.20. The van der Waals surface area contributed by atoms with E-state index in [2.05, 4.69) is 37.2 Å². The topological polar surface area (TPSA) is 94.2 Å². The number of aromatic nitrogens is 5. The van der Waals surface area contributed by atoms with Gasteiger partial charge in [0.1, 0.15) is 12.4 Å². The minimum Gasteiger partial charge on any atom is -0.377 e. The van der Waals surface area contributed by atoms with E-state index >= 15 is 0 Å². The van der Waals surface area contributed by atoms with E-state index in [4.69, 9.17) is 9.73 Å². The monoisotopic (exact) mass is 488 g/mol. The van der Waals surface area contributed by atoms with E-state index in [9.17, 15) is 0 Å². The van der Waals surface area contributed by atoms with Crippen molar-refractivity contribution in [1.29, 1.82) is 0 Å². The van der Waals surface area contributed by atoms with E-state index in [-0.39, 0.29) is 24.0 Å². The lowest BCUT2D eigenvalue weighted by Gasteiger charge is -2.25. The van der Waals surface area contributed by atoms with Crippen molar-refractivity contribution >= 4 is 29.9 Å². The van der Waals surface area contributed by atoms with E-state index in [1.807, 2.05) is 17.2 Å². The highest BCUT2D eigenvalue weighted by atomic mass is 127. The van der Waals surface area contributed by atoms with Gasteiger partial charge in [-0.2, -0.15) is 5.10 Å². The first-order valence-corrected chi connectivity index (χ1v) is 9.20. The highest BCUT2D eigenvalue weighted by Crippen LogP contribution is 2.13. The number of nitrogens with zero attached hydrogens (tertiary/aromatic N) is 6. The number of imidazole rings is 1. The maximum absolute atomic E-state index is 5.12. The van der Waals surface area contributed by atoms with Gasteiger partial charge in [0.15, 0.2) is 11.8 Å². The number of aliphatic imine (C=N–C) groups is 1. The van der Waals surface area contributed by atoms with Crippen molar-refractivity contribution in [2.24, 2.45) is 4.99 Å². The Balaban J connectivity index is 0.00000261. The number of rotatable bonds is 8. The van der Waals surface area contributed by atoms with Crippen LogP contribution >= 0.6 is 24.0 Å². The van der Waals surface area contributed by atoms with Gasteiger partial charge in [-0.25, -0.2) is 14.6 Å². The summed E-state index contributed by atoms with van der Waals surface area (Å²) < 4.78 is 9.18. The Kier molecular flexibility index (Phi) is 8.98. The first kappa shape index (κ1) is 21.6. The van der Waals surface area contributed by atoms with E-state index < -0.39 is 0 Å². The van der Waals surface area contributed by atoms with E-state index in [1.54, 1.807) is 13.3 Å². The number of halogens is 1. The number of nitrogens with one attached hydrogen (secondary N) is 2. The molecule has 0 amide bonds. The average molecular weight is 488 g/mol. The maximum atomic E-state index is 5.12. The smallest absolute Gasteiger partial charge is 0.191 e. The summed E-state index contributed by atoms with van der Waals surface area (Å²) in [7, 11) is 1.66. The predicted octanol–water partition coefficient (Wildman–Crippen LogP) is 1.20. The quantitative estimate of drug-likeness (QED) is 0.251.